The molecule has 1 N–H and O–H groups in total. The number of H-pyrrole nitrogens is 1. The van der Waals surface area contributed by atoms with Crippen LogP contribution in [-0.2, 0) is 0 Å². The van der Waals surface area contributed by atoms with Crippen molar-refractivity contribution in [3.63, 3.8) is 0 Å². The van der Waals surface area contributed by atoms with Gasteiger partial charge in [-0.1, -0.05) is 13.8 Å². The molecule has 0 aliphatic heterocycles. The smallest absolute Gasteiger partial charge is 0.167 e. The van der Waals surface area contributed by atoms with Crippen LogP contribution in [0, 0.1) is 10.8 Å². The van der Waals surface area contributed by atoms with Crippen molar-refractivity contribution in [1.29, 1.82) is 0 Å². The molecule has 0 spiro atoms. The Morgan fingerprint density at radius 3 is 2.44 bits per heavy atom. The third-order valence-corrected chi connectivity index (χ3v) is 4.93. The zero-order chi connectivity index (χ0) is 18.1. The second-order valence-corrected chi connectivity index (χ2v) is 7.57. The monoisotopic (exact) mass is 464 g/mol. The van der Waals surface area contributed by atoms with Gasteiger partial charge in [-0.15, -0.1) is 4.91 Å². The third kappa shape index (κ3) is 3.52. The Kier molecular flexibility index (Phi) is 5.06. The van der Waals surface area contributed by atoms with E-state index in [1.165, 1.54) is 0 Å². The molecule has 0 fully saturated rings. The van der Waals surface area contributed by atoms with Crippen LogP contribution in [0.1, 0.15) is 24.2 Å². The molecule has 7 heteroatoms. The summed E-state index contributed by atoms with van der Waals surface area (Å²) in [6.07, 6.45) is 1.73. The molecule has 3 aromatic rings. The normalized spacial score (nSPS) is 11.1. The van der Waals surface area contributed by atoms with Crippen LogP contribution in [0.25, 0.3) is 10.9 Å². The summed E-state index contributed by atoms with van der Waals surface area (Å²) in [5.41, 5.74) is 1.81. The van der Waals surface area contributed by atoms with Crippen LogP contribution in [-0.4, -0.2) is 10.8 Å². The Hall–Kier alpha value is -1.99. The van der Waals surface area contributed by atoms with Crippen LogP contribution in [0.5, 0.6) is 11.5 Å². The summed E-state index contributed by atoms with van der Waals surface area (Å²) in [6.45, 7) is 3.75. The van der Waals surface area contributed by atoms with Crippen molar-refractivity contribution < 1.29 is 9.53 Å². The molecule has 0 radical (unpaired) electrons. The van der Waals surface area contributed by atoms with Gasteiger partial charge < -0.3 is 9.72 Å². The Morgan fingerprint density at radius 1 is 1.16 bits per heavy atom. The minimum absolute atomic E-state index is 0.0761. The van der Waals surface area contributed by atoms with Gasteiger partial charge in [-0.05, 0) is 67.4 Å². The quantitative estimate of drug-likeness (QED) is 0.335. The van der Waals surface area contributed by atoms with Crippen LogP contribution in [0.4, 0.5) is 5.69 Å². The average Bonchev–Trinajstić information content (AvgIpc) is 3.00. The number of halogens is 2. The average molecular weight is 466 g/mol. The Balaban J connectivity index is 2.02. The number of nitroso groups, excluding NO2 is 1. The minimum Gasteiger partial charge on any atom is -0.455 e. The molecule has 1 heterocycles. The van der Waals surface area contributed by atoms with Crippen molar-refractivity contribution in [2.45, 2.75) is 13.8 Å². The lowest BCUT2D eigenvalue weighted by atomic mass is 10.0. The van der Waals surface area contributed by atoms with Gasteiger partial charge in [0.1, 0.15) is 11.4 Å². The van der Waals surface area contributed by atoms with Gasteiger partial charge in [-0.3, -0.25) is 4.79 Å². The highest BCUT2D eigenvalue weighted by atomic mass is 79.9. The highest BCUT2D eigenvalue weighted by Crippen LogP contribution is 2.40. The summed E-state index contributed by atoms with van der Waals surface area (Å²) in [5, 5.41) is 3.73. The third-order valence-electron chi connectivity index (χ3n) is 3.75. The fraction of sp³-hybridized carbons (Fsp3) is 0.167. The number of Topliss-reactive ketones (excluding diaryl/α,β-unsaturated/α-hetero) is 1. The first-order valence-corrected chi connectivity index (χ1v) is 9.15. The van der Waals surface area contributed by atoms with E-state index in [2.05, 4.69) is 42.0 Å². The molecule has 128 valence electrons. The highest BCUT2D eigenvalue weighted by molar-refractivity contribution is 9.11. The maximum Gasteiger partial charge on any atom is 0.167 e. The summed E-state index contributed by atoms with van der Waals surface area (Å²) in [6, 6.07) is 8.66. The number of nitrogens with zero attached hydrogens (tertiary/aromatic N) is 1. The molecule has 0 bridgehead atoms. The van der Waals surface area contributed by atoms with E-state index in [-0.39, 0.29) is 17.4 Å². The second-order valence-electron chi connectivity index (χ2n) is 5.86. The zero-order valence-electron chi connectivity index (χ0n) is 13.5. The number of benzene rings is 2. The predicted molar refractivity (Wildman–Crippen MR) is 105 cm³/mol. The van der Waals surface area contributed by atoms with Gasteiger partial charge in [-0.2, -0.15) is 0 Å². The van der Waals surface area contributed by atoms with Crippen molar-refractivity contribution >= 4 is 54.2 Å². The number of hydrogen-bond acceptors (Lipinski definition) is 4. The van der Waals surface area contributed by atoms with Crippen LogP contribution in [0.15, 0.2) is 50.7 Å². The number of ketones is 1. The fourth-order valence-electron chi connectivity index (χ4n) is 2.49. The molecule has 0 aliphatic rings. The first-order chi connectivity index (χ1) is 11.9. The van der Waals surface area contributed by atoms with Crippen molar-refractivity contribution in [3.05, 3.63) is 55.9 Å². The zero-order valence-corrected chi connectivity index (χ0v) is 16.6. The van der Waals surface area contributed by atoms with Gasteiger partial charge in [-0.25, -0.2) is 0 Å². The van der Waals surface area contributed by atoms with E-state index in [1.54, 1.807) is 18.3 Å². The van der Waals surface area contributed by atoms with Crippen molar-refractivity contribution in [3.8, 4) is 11.5 Å². The molecule has 25 heavy (non-hydrogen) atoms. The van der Waals surface area contributed by atoms with Crippen LogP contribution < -0.4 is 4.74 Å². The van der Waals surface area contributed by atoms with E-state index in [0.29, 0.717) is 26.0 Å². The number of nitrogens with one attached hydrogen (secondary N) is 1. The summed E-state index contributed by atoms with van der Waals surface area (Å²) in [5.74, 6) is 1.10. The molecule has 0 atom stereocenters. The molecule has 0 saturated heterocycles. The number of carbonyl (C=O) groups is 1. The van der Waals surface area contributed by atoms with Crippen LogP contribution >= 0.6 is 31.9 Å². The molecule has 2 aromatic carbocycles. The SMILES string of the molecule is CC(C)C(=O)c1c[nH]c2ccc(Oc3c(Br)cc(N=O)cc3Br)cc12. The molecule has 1 aromatic heterocycles. The lowest BCUT2D eigenvalue weighted by Crippen LogP contribution is -2.06. The largest absolute Gasteiger partial charge is 0.455 e. The molecular weight excluding hydrogens is 452 g/mol. The Labute approximate surface area is 161 Å². The van der Waals surface area contributed by atoms with Crippen LogP contribution in [0.3, 0.4) is 0 Å². The second kappa shape index (κ2) is 7.09. The lowest BCUT2D eigenvalue weighted by molar-refractivity contribution is 0.0941. The number of ether oxygens (including phenoxy) is 1. The van der Waals surface area contributed by atoms with E-state index in [9.17, 15) is 9.70 Å². The lowest BCUT2D eigenvalue weighted by Gasteiger charge is -2.11. The standard InChI is InChI=1S/C18H14Br2N2O3/c1-9(2)17(23)13-8-21-16-4-3-11(7-12(13)16)25-18-14(19)5-10(22-24)6-15(18)20/h3-9,21H,1-2H3. The van der Waals surface area contributed by atoms with Gasteiger partial charge in [0.2, 0.25) is 0 Å². The summed E-state index contributed by atoms with van der Waals surface area (Å²) in [7, 11) is 0. The maximum absolute atomic E-state index is 12.4. The first-order valence-electron chi connectivity index (χ1n) is 7.56. The Morgan fingerprint density at radius 2 is 1.84 bits per heavy atom. The number of rotatable bonds is 5. The Bertz CT molecular complexity index is 957. The van der Waals surface area contributed by atoms with Gasteiger partial charge >= 0.3 is 0 Å². The van der Waals surface area contributed by atoms with Gasteiger partial charge in [0.25, 0.3) is 0 Å². The number of aromatic nitrogens is 1. The van der Waals surface area contributed by atoms with E-state index < -0.39 is 0 Å². The fourth-order valence-corrected chi connectivity index (χ4v) is 3.82. The molecule has 3 rings (SSSR count). The van der Waals surface area contributed by atoms with Crippen molar-refractivity contribution in [2.75, 3.05) is 0 Å². The van der Waals surface area contributed by atoms with Crippen molar-refractivity contribution in [1.82, 2.24) is 4.98 Å². The molecule has 5 nitrogen and oxygen atoms in total. The summed E-state index contributed by atoms with van der Waals surface area (Å²) in [4.78, 5) is 26.1. The number of fused-ring (bicyclic) bond motifs is 1. The number of hydrogen-bond donors (Lipinski definition) is 1. The van der Waals surface area contributed by atoms with Gasteiger partial charge in [0, 0.05) is 28.6 Å². The van der Waals surface area contributed by atoms with E-state index in [4.69, 9.17) is 4.74 Å². The summed E-state index contributed by atoms with van der Waals surface area (Å²) >= 11 is 6.76. The molecular formula is C18H14Br2N2O3. The van der Waals surface area contributed by atoms with E-state index in [0.717, 1.165) is 10.9 Å². The predicted octanol–water partition coefficient (Wildman–Crippen LogP) is 6.72. The topological polar surface area (TPSA) is 71.5 Å². The highest BCUT2D eigenvalue weighted by Gasteiger charge is 2.17. The van der Waals surface area contributed by atoms with Gasteiger partial charge in [0.15, 0.2) is 11.5 Å². The minimum atomic E-state index is -0.0877. The van der Waals surface area contributed by atoms with Crippen LogP contribution in [0.2, 0.25) is 0 Å². The van der Waals surface area contributed by atoms with Gasteiger partial charge in [0.05, 0.1) is 8.95 Å². The molecule has 0 saturated carbocycles. The molecule has 0 amide bonds. The maximum atomic E-state index is 12.4. The van der Waals surface area contributed by atoms with E-state index >= 15 is 0 Å². The van der Waals surface area contributed by atoms with E-state index in [1.807, 2.05) is 32.0 Å². The number of aromatic amines is 1. The molecule has 0 unspecified atom stereocenters. The molecule has 0 aliphatic carbocycles. The van der Waals surface area contributed by atoms with Crippen molar-refractivity contribution in [2.24, 2.45) is 11.1 Å². The summed E-state index contributed by atoms with van der Waals surface area (Å²) < 4.78 is 7.15. The first kappa shape index (κ1) is 17.8. The number of carbonyl (C=O) groups excluding carboxylic acids is 1.